The summed E-state index contributed by atoms with van der Waals surface area (Å²) in [7, 11) is 3.18. The van der Waals surface area contributed by atoms with Crippen molar-refractivity contribution in [3.63, 3.8) is 0 Å². The van der Waals surface area contributed by atoms with Crippen LogP contribution in [0.5, 0.6) is 11.5 Å². The van der Waals surface area contributed by atoms with Crippen LogP contribution in [0.1, 0.15) is 17.2 Å². The monoisotopic (exact) mass is 311 g/mol. The van der Waals surface area contributed by atoms with Gasteiger partial charge in [-0.2, -0.15) is 0 Å². The van der Waals surface area contributed by atoms with Gasteiger partial charge in [0.15, 0.2) is 0 Å². The van der Waals surface area contributed by atoms with Crippen molar-refractivity contribution in [2.75, 3.05) is 14.2 Å². The number of benzene rings is 2. The Kier molecular flexibility index (Phi) is 4.76. The fourth-order valence-corrected chi connectivity index (χ4v) is 2.40. The Labute approximate surface area is 128 Å². The summed E-state index contributed by atoms with van der Waals surface area (Å²) >= 11 is 12.0. The first kappa shape index (κ1) is 15.0. The van der Waals surface area contributed by atoms with Crippen LogP contribution in [0.15, 0.2) is 36.4 Å². The Bertz CT molecular complexity index is 617. The highest BCUT2D eigenvalue weighted by Gasteiger charge is 2.18. The van der Waals surface area contributed by atoms with Gasteiger partial charge in [-0.1, -0.05) is 29.3 Å². The molecule has 0 aliphatic carbocycles. The van der Waals surface area contributed by atoms with Gasteiger partial charge in [-0.25, -0.2) is 0 Å². The molecule has 106 valence electrons. The van der Waals surface area contributed by atoms with Gasteiger partial charge in [-0.15, -0.1) is 0 Å². The van der Waals surface area contributed by atoms with Crippen LogP contribution in [0.2, 0.25) is 10.0 Å². The van der Waals surface area contributed by atoms with Gasteiger partial charge in [0, 0.05) is 21.2 Å². The highest BCUT2D eigenvalue weighted by molar-refractivity contribution is 6.31. The van der Waals surface area contributed by atoms with Gasteiger partial charge in [-0.3, -0.25) is 0 Å². The van der Waals surface area contributed by atoms with E-state index >= 15 is 0 Å². The Balaban J connectivity index is 2.51. The fraction of sp³-hybridized carbons (Fsp3) is 0.200. The molecular weight excluding hydrogens is 297 g/mol. The first-order valence-corrected chi connectivity index (χ1v) is 6.75. The predicted octanol–water partition coefficient (Wildman–Crippen LogP) is 4.06. The number of ether oxygens (including phenoxy) is 2. The highest BCUT2D eigenvalue weighted by atomic mass is 35.5. The minimum Gasteiger partial charge on any atom is -0.496 e. The van der Waals surface area contributed by atoms with Crippen LogP contribution in [0.4, 0.5) is 0 Å². The molecule has 2 aromatic rings. The van der Waals surface area contributed by atoms with E-state index in [9.17, 15) is 0 Å². The molecule has 0 aliphatic heterocycles. The second-order valence-corrected chi connectivity index (χ2v) is 5.12. The fourth-order valence-electron chi connectivity index (χ4n) is 2.06. The van der Waals surface area contributed by atoms with Crippen LogP contribution in [-0.2, 0) is 0 Å². The van der Waals surface area contributed by atoms with E-state index in [4.69, 9.17) is 38.4 Å². The lowest BCUT2D eigenvalue weighted by Crippen LogP contribution is -2.14. The zero-order valence-electron chi connectivity index (χ0n) is 11.2. The Morgan fingerprint density at radius 2 is 1.45 bits per heavy atom. The molecule has 3 nitrogen and oxygen atoms in total. The van der Waals surface area contributed by atoms with Gasteiger partial charge in [0.05, 0.1) is 20.3 Å². The van der Waals surface area contributed by atoms with Crippen LogP contribution in [0.25, 0.3) is 0 Å². The predicted molar refractivity (Wildman–Crippen MR) is 82.0 cm³/mol. The van der Waals surface area contributed by atoms with Crippen molar-refractivity contribution in [2.24, 2.45) is 5.73 Å². The van der Waals surface area contributed by atoms with E-state index in [1.165, 1.54) is 0 Å². The summed E-state index contributed by atoms with van der Waals surface area (Å²) < 4.78 is 10.7. The average Bonchev–Trinajstić information content (AvgIpc) is 2.46. The van der Waals surface area contributed by atoms with Gasteiger partial charge < -0.3 is 15.2 Å². The molecule has 0 bridgehead atoms. The molecule has 1 unspecified atom stereocenters. The maximum Gasteiger partial charge on any atom is 0.125 e. The molecule has 5 heteroatoms. The first-order chi connectivity index (χ1) is 9.56. The average molecular weight is 312 g/mol. The van der Waals surface area contributed by atoms with E-state index in [0.717, 1.165) is 11.1 Å². The maximum absolute atomic E-state index is 6.33. The van der Waals surface area contributed by atoms with Crippen LogP contribution >= 0.6 is 23.2 Å². The first-order valence-electron chi connectivity index (χ1n) is 5.99. The Hall–Kier alpha value is -1.42. The summed E-state index contributed by atoms with van der Waals surface area (Å²) in [5.41, 5.74) is 7.94. The van der Waals surface area contributed by atoms with Crippen LogP contribution in [-0.4, -0.2) is 14.2 Å². The zero-order valence-corrected chi connectivity index (χ0v) is 12.7. The van der Waals surface area contributed by atoms with Gasteiger partial charge in [-0.05, 0) is 30.3 Å². The topological polar surface area (TPSA) is 44.5 Å². The third-order valence-corrected chi connectivity index (χ3v) is 3.53. The maximum atomic E-state index is 6.33. The highest BCUT2D eigenvalue weighted by Crippen LogP contribution is 2.35. The van der Waals surface area contributed by atoms with E-state index in [1.807, 2.05) is 6.07 Å². The summed E-state index contributed by atoms with van der Waals surface area (Å²) in [6, 6.07) is 10.3. The second-order valence-electron chi connectivity index (χ2n) is 4.25. The minimum absolute atomic E-state index is 0.420. The zero-order chi connectivity index (χ0) is 14.7. The molecule has 2 aromatic carbocycles. The summed E-state index contributed by atoms with van der Waals surface area (Å²) in [4.78, 5) is 0. The molecule has 0 saturated carbocycles. The van der Waals surface area contributed by atoms with Crippen molar-refractivity contribution in [3.05, 3.63) is 57.6 Å². The summed E-state index contributed by atoms with van der Waals surface area (Å²) in [5.74, 6) is 1.31. The van der Waals surface area contributed by atoms with E-state index in [0.29, 0.717) is 21.5 Å². The molecule has 0 spiro atoms. The van der Waals surface area contributed by atoms with Crippen LogP contribution in [0.3, 0.4) is 0 Å². The smallest absolute Gasteiger partial charge is 0.125 e. The summed E-state index contributed by atoms with van der Waals surface area (Å²) in [6.07, 6.45) is 0. The van der Waals surface area contributed by atoms with Crippen molar-refractivity contribution in [2.45, 2.75) is 6.04 Å². The van der Waals surface area contributed by atoms with Crippen molar-refractivity contribution >= 4 is 23.2 Å². The molecule has 0 fully saturated rings. The molecular formula is C15H15Cl2NO2. The number of halogens is 2. The van der Waals surface area contributed by atoms with Gasteiger partial charge in [0.1, 0.15) is 11.5 Å². The van der Waals surface area contributed by atoms with E-state index in [-0.39, 0.29) is 0 Å². The molecule has 0 saturated heterocycles. The van der Waals surface area contributed by atoms with Crippen LogP contribution in [0, 0.1) is 0 Å². The number of rotatable bonds is 4. The van der Waals surface area contributed by atoms with Gasteiger partial charge in [0.2, 0.25) is 0 Å². The SMILES string of the molecule is COc1cc(Cl)ccc1C(N)c1cc(Cl)ccc1OC. The number of nitrogens with two attached hydrogens (primary N) is 1. The van der Waals surface area contributed by atoms with Gasteiger partial charge >= 0.3 is 0 Å². The lowest BCUT2D eigenvalue weighted by molar-refractivity contribution is 0.400. The lowest BCUT2D eigenvalue weighted by atomic mass is 9.98. The molecule has 0 aromatic heterocycles. The molecule has 2 rings (SSSR count). The lowest BCUT2D eigenvalue weighted by Gasteiger charge is -2.19. The molecule has 20 heavy (non-hydrogen) atoms. The minimum atomic E-state index is -0.420. The summed E-state index contributed by atoms with van der Waals surface area (Å²) in [5, 5.41) is 1.19. The largest absolute Gasteiger partial charge is 0.496 e. The molecule has 0 aliphatic rings. The molecule has 1 atom stereocenters. The third kappa shape index (κ3) is 3.01. The van der Waals surface area contributed by atoms with Crippen molar-refractivity contribution in [3.8, 4) is 11.5 Å². The number of hydrogen-bond donors (Lipinski definition) is 1. The molecule has 0 amide bonds. The van der Waals surface area contributed by atoms with Gasteiger partial charge in [0.25, 0.3) is 0 Å². The Morgan fingerprint density at radius 3 is 2.10 bits per heavy atom. The second kappa shape index (κ2) is 6.35. The van der Waals surface area contributed by atoms with E-state index in [2.05, 4.69) is 0 Å². The summed E-state index contributed by atoms with van der Waals surface area (Å²) in [6.45, 7) is 0. The van der Waals surface area contributed by atoms with Crippen molar-refractivity contribution in [1.82, 2.24) is 0 Å². The molecule has 0 radical (unpaired) electrons. The normalized spacial score (nSPS) is 12.1. The standard InChI is InChI=1S/C15H15Cl2NO2/c1-19-13-6-4-9(16)7-12(13)15(18)11-5-3-10(17)8-14(11)20-2/h3-8,15H,18H2,1-2H3. The molecule has 2 N–H and O–H groups in total. The van der Waals surface area contributed by atoms with Crippen molar-refractivity contribution < 1.29 is 9.47 Å². The van der Waals surface area contributed by atoms with Crippen LogP contribution < -0.4 is 15.2 Å². The van der Waals surface area contributed by atoms with E-state index in [1.54, 1.807) is 44.6 Å². The van der Waals surface area contributed by atoms with Crippen molar-refractivity contribution in [1.29, 1.82) is 0 Å². The third-order valence-electron chi connectivity index (χ3n) is 3.06. The number of methoxy groups -OCH3 is 2. The quantitative estimate of drug-likeness (QED) is 0.926. The number of hydrogen-bond acceptors (Lipinski definition) is 3. The Morgan fingerprint density at radius 1 is 0.850 bits per heavy atom. The van der Waals surface area contributed by atoms with E-state index < -0.39 is 6.04 Å². The molecule has 0 heterocycles.